The first-order chi connectivity index (χ1) is 5.57. The molecule has 0 aromatic carbocycles. The van der Waals surface area contributed by atoms with Crippen molar-refractivity contribution in [1.29, 1.82) is 0 Å². The normalized spacial score (nSPS) is 11.9. The highest BCUT2D eigenvalue weighted by molar-refractivity contribution is 5.74. The Kier molecular flexibility index (Phi) is 4.91. The van der Waals surface area contributed by atoms with Crippen LogP contribution >= 0.6 is 0 Å². The van der Waals surface area contributed by atoms with E-state index in [4.69, 9.17) is 0 Å². The molecule has 1 unspecified atom stereocenters. The standard InChI is InChI=1S/C6H8F2O4/c1-4(9)11-3-12-6(10)5(8)2-7/h5H,2-3H2,1H3. The van der Waals surface area contributed by atoms with Gasteiger partial charge in [0.25, 0.3) is 0 Å². The van der Waals surface area contributed by atoms with Crippen LogP contribution in [0, 0.1) is 0 Å². The van der Waals surface area contributed by atoms with E-state index in [0.29, 0.717) is 0 Å². The van der Waals surface area contributed by atoms with Crippen LogP contribution in [0.3, 0.4) is 0 Å². The van der Waals surface area contributed by atoms with Crippen LogP contribution in [0.4, 0.5) is 8.78 Å². The summed E-state index contributed by atoms with van der Waals surface area (Å²) in [7, 11) is 0. The topological polar surface area (TPSA) is 52.6 Å². The number of hydrogen-bond donors (Lipinski definition) is 0. The molecule has 0 bridgehead atoms. The van der Waals surface area contributed by atoms with Gasteiger partial charge >= 0.3 is 11.9 Å². The van der Waals surface area contributed by atoms with Crippen LogP contribution in [-0.4, -0.2) is 31.6 Å². The molecule has 70 valence electrons. The molecule has 0 aliphatic heterocycles. The van der Waals surface area contributed by atoms with Crippen molar-refractivity contribution >= 4 is 11.9 Å². The Labute approximate surface area is 67.4 Å². The van der Waals surface area contributed by atoms with E-state index in [-0.39, 0.29) is 0 Å². The summed E-state index contributed by atoms with van der Waals surface area (Å²) in [5.41, 5.74) is 0. The van der Waals surface area contributed by atoms with Gasteiger partial charge in [0.2, 0.25) is 13.0 Å². The summed E-state index contributed by atoms with van der Waals surface area (Å²) < 4.78 is 31.6. The monoisotopic (exact) mass is 182 g/mol. The predicted molar refractivity (Wildman–Crippen MR) is 33.6 cm³/mol. The third-order valence-electron chi connectivity index (χ3n) is 0.855. The molecule has 6 heteroatoms. The molecule has 0 aromatic rings. The van der Waals surface area contributed by atoms with Gasteiger partial charge in [-0.2, -0.15) is 0 Å². The van der Waals surface area contributed by atoms with Crippen LogP contribution < -0.4 is 0 Å². The molecule has 0 spiro atoms. The highest BCUT2D eigenvalue weighted by Crippen LogP contribution is 1.95. The lowest BCUT2D eigenvalue weighted by molar-refractivity contribution is -0.169. The van der Waals surface area contributed by atoms with Crippen LogP contribution in [0.15, 0.2) is 0 Å². The van der Waals surface area contributed by atoms with Crippen LogP contribution in [0.2, 0.25) is 0 Å². The summed E-state index contributed by atoms with van der Waals surface area (Å²) in [5, 5.41) is 0. The van der Waals surface area contributed by atoms with Crippen molar-refractivity contribution in [1.82, 2.24) is 0 Å². The van der Waals surface area contributed by atoms with Crippen LogP contribution in [0.1, 0.15) is 6.92 Å². The quantitative estimate of drug-likeness (QED) is 0.465. The molecule has 0 N–H and O–H groups in total. The van der Waals surface area contributed by atoms with Crippen LogP contribution in [-0.2, 0) is 19.1 Å². The zero-order chi connectivity index (χ0) is 9.56. The molecule has 0 aliphatic rings. The van der Waals surface area contributed by atoms with Gasteiger partial charge in [0.1, 0.15) is 6.67 Å². The zero-order valence-corrected chi connectivity index (χ0v) is 6.38. The average molecular weight is 182 g/mol. The maximum Gasteiger partial charge on any atom is 0.346 e. The van der Waals surface area contributed by atoms with Crippen molar-refractivity contribution in [2.45, 2.75) is 13.1 Å². The van der Waals surface area contributed by atoms with Gasteiger partial charge in [-0.05, 0) is 0 Å². The minimum absolute atomic E-state index is 0.668. The first-order valence-corrected chi connectivity index (χ1v) is 3.08. The van der Waals surface area contributed by atoms with E-state index >= 15 is 0 Å². The number of ether oxygens (including phenoxy) is 2. The number of hydrogen-bond acceptors (Lipinski definition) is 4. The zero-order valence-electron chi connectivity index (χ0n) is 6.38. The van der Waals surface area contributed by atoms with Gasteiger partial charge in [0.15, 0.2) is 0 Å². The Morgan fingerprint density at radius 2 is 2.00 bits per heavy atom. The van der Waals surface area contributed by atoms with E-state index in [1.165, 1.54) is 0 Å². The van der Waals surface area contributed by atoms with E-state index in [1.807, 2.05) is 0 Å². The maximum absolute atomic E-state index is 12.1. The fourth-order valence-electron chi connectivity index (χ4n) is 0.324. The Morgan fingerprint density at radius 1 is 1.42 bits per heavy atom. The summed E-state index contributed by atoms with van der Waals surface area (Å²) in [6.45, 7) is -1.04. The molecule has 0 amide bonds. The summed E-state index contributed by atoms with van der Waals surface area (Å²) in [5.74, 6) is -2.04. The molecule has 1 atom stereocenters. The van der Waals surface area contributed by atoms with Gasteiger partial charge in [0.05, 0.1) is 0 Å². The number of rotatable bonds is 4. The minimum atomic E-state index is -2.31. The molecule has 0 radical (unpaired) electrons. The smallest absolute Gasteiger partial charge is 0.346 e. The fourth-order valence-corrected chi connectivity index (χ4v) is 0.324. The number of carbonyl (C=O) groups excluding carboxylic acids is 2. The Balaban J connectivity index is 3.50. The molecule has 0 heterocycles. The molecular formula is C6H8F2O4. The van der Waals surface area contributed by atoms with Gasteiger partial charge in [0, 0.05) is 6.92 Å². The second kappa shape index (κ2) is 5.45. The predicted octanol–water partition coefficient (Wildman–Crippen LogP) is 0.358. The third-order valence-corrected chi connectivity index (χ3v) is 0.855. The van der Waals surface area contributed by atoms with E-state index in [9.17, 15) is 18.4 Å². The molecule has 0 rings (SSSR count). The van der Waals surface area contributed by atoms with Crippen molar-refractivity contribution in [3.05, 3.63) is 0 Å². The molecule has 12 heavy (non-hydrogen) atoms. The van der Waals surface area contributed by atoms with E-state index in [0.717, 1.165) is 6.92 Å². The second-order valence-corrected chi connectivity index (χ2v) is 1.84. The maximum atomic E-state index is 12.1. The van der Waals surface area contributed by atoms with Crippen molar-refractivity contribution < 1.29 is 27.8 Å². The first-order valence-electron chi connectivity index (χ1n) is 3.08. The molecule has 0 saturated heterocycles. The SMILES string of the molecule is CC(=O)OCOC(=O)C(F)CF. The largest absolute Gasteiger partial charge is 0.428 e. The Morgan fingerprint density at radius 3 is 2.42 bits per heavy atom. The fraction of sp³-hybridized carbons (Fsp3) is 0.667. The molecule has 0 aliphatic carbocycles. The lowest BCUT2D eigenvalue weighted by Crippen LogP contribution is -2.22. The van der Waals surface area contributed by atoms with Crippen molar-refractivity contribution in [2.24, 2.45) is 0 Å². The Hall–Kier alpha value is -1.20. The first kappa shape index (κ1) is 10.8. The Bertz CT molecular complexity index is 171. The summed E-state index contributed by atoms with van der Waals surface area (Å²) in [6.07, 6.45) is -2.31. The lowest BCUT2D eigenvalue weighted by Gasteiger charge is -2.04. The molecule has 0 fully saturated rings. The summed E-state index contributed by atoms with van der Waals surface area (Å²) in [6, 6.07) is 0. The highest BCUT2D eigenvalue weighted by Gasteiger charge is 2.18. The summed E-state index contributed by atoms with van der Waals surface area (Å²) in [4.78, 5) is 20.4. The van der Waals surface area contributed by atoms with Crippen molar-refractivity contribution in [2.75, 3.05) is 13.5 Å². The molecule has 4 nitrogen and oxygen atoms in total. The number of esters is 2. The average Bonchev–Trinajstić information content (AvgIpc) is 2.02. The van der Waals surface area contributed by atoms with E-state index in [2.05, 4.69) is 9.47 Å². The second-order valence-electron chi connectivity index (χ2n) is 1.84. The number of carbonyl (C=O) groups is 2. The van der Waals surface area contributed by atoms with Crippen molar-refractivity contribution in [3.8, 4) is 0 Å². The van der Waals surface area contributed by atoms with Gasteiger partial charge < -0.3 is 9.47 Å². The van der Waals surface area contributed by atoms with Crippen LogP contribution in [0.25, 0.3) is 0 Å². The van der Waals surface area contributed by atoms with Gasteiger partial charge in [-0.1, -0.05) is 0 Å². The number of alkyl halides is 2. The van der Waals surface area contributed by atoms with Gasteiger partial charge in [-0.15, -0.1) is 0 Å². The third kappa shape index (κ3) is 4.59. The van der Waals surface area contributed by atoms with Gasteiger partial charge in [-0.25, -0.2) is 13.6 Å². The molecular weight excluding hydrogens is 174 g/mol. The van der Waals surface area contributed by atoms with Crippen LogP contribution in [0.5, 0.6) is 0 Å². The number of halogens is 2. The van der Waals surface area contributed by atoms with E-state index in [1.54, 1.807) is 0 Å². The van der Waals surface area contributed by atoms with Gasteiger partial charge in [-0.3, -0.25) is 4.79 Å². The molecule has 0 aromatic heterocycles. The highest BCUT2D eigenvalue weighted by atomic mass is 19.2. The van der Waals surface area contributed by atoms with Crippen molar-refractivity contribution in [3.63, 3.8) is 0 Å². The molecule has 0 saturated carbocycles. The van der Waals surface area contributed by atoms with E-state index < -0.39 is 31.6 Å². The summed E-state index contributed by atoms with van der Waals surface area (Å²) >= 11 is 0. The minimum Gasteiger partial charge on any atom is -0.428 e. The lowest BCUT2D eigenvalue weighted by atomic mass is 10.4.